The van der Waals surface area contributed by atoms with Crippen molar-refractivity contribution in [2.45, 2.75) is 38.7 Å². The second kappa shape index (κ2) is 7.85. The van der Waals surface area contributed by atoms with Gasteiger partial charge in [-0.2, -0.15) is 0 Å². The topological polar surface area (TPSA) is 55.3 Å². The Bertz CT molecular complexity index is 1190. The van der Waals surface area contributed by atoms with Gasteiger partial charge < -0.3 is 9.64 Å². The maximum absolute atomic E-state index is 13.1. The van der Waals surface area contributed by atoms with Crippen LogP contribution >= 0.6 is 11.6 Å². The van der Waals surface area contributed by atoms with Gasteiger partial charge in [0.15, 0.2) is 11.6 Å². The van der Waals surface area contributed by atoms with Crippen LogP contribution in [0.4, 0.5) is 10.2 Å². The van der Waals surface area contributed by atoms with Gasteiger partial charge in [0, 0.05) is 36.5 Å². The summed E-state index contributed by atoms with van der Waals surface area (Å²) in [5, 5.41) is 9.33. The monoisotopic (exact) mass is 451 g/mol. The third-order valence-corrected chi connectivity index (χ3v) is 7.10. The molecule has 0 saturated carbocycles. The molecule has 164 valence electrons. The smallest absolute Gasteiger partial charge is 0.170 e. The van der Waals surface area contributed by atoms with Crippen molar-refractivity contribution >= 4 is 23.2 Å². The second-order valence-corrected chi connectivity index (χ2v) is 9.04. The lowest BCUT2D eigenvalue weighted by atomic mass is 9.81. The van der Waals surface area contributed by atoms with Crippen LogP contribution in [0.3, 0.4) is 0 Å². The first-order valence-electron chi connectivity index (χ1n) is 10.7. The predicted octanol–water partition coefficient (Wildman–Crippen LogP) is 5.56. The van der Waals surface area contributed by atoms with Crippen LogP contribution in [0.15, 0.2) is 42.5 Å². The number of hydrogen-bond acceptors (Lipinski definition) is 5. The van der Waals surface area contributed by atoms with Crippen LogP contribution in [0.25, 0.3) is 11.3 Å². The number of benzene rings is 2. The van der Waals surface area contributed by atoms with E-state index in [9.17, 15) is 9.18 Å². The van der Waals surface area contributed by atoms with Crippen LogP contribution in [-0.2, 0) is 0 Å². The number of nitrogens with zero attached hydrogens (tertiary/aromatic N) is 3. The molecule has 0 aliphatic carbocycles. The molecular weight excluding hydrogens is 429 g/mol. The van der Waals surface area contributed by atoms with Gasteiger partial charge in [-0.25, -0.2) is 4.39 Å². The third-order valence-electron chi connectivity index (χ3n) is 6.52. The molecule has 2 aromatic carbocycles. The third kappa shape index (κ3) is 3.62. The van der Waals surface area contributed by atoms with E-state index in [1.165, 1.54) is 12.1 Å². The predicted molar refractivity (Wildman–Crippen MR) is 122 cm³/mol. The first kappa shape index (κ1) is 20.9. The Morgan fingerprint density at radius 3 is 2.44 bits per heavy atom. The van der Waals surface area contributed by atoms with Crippen molar-refractivity contribution in [3.63, 3.8) is 0 Å². The maximum atomic E-state index is 13.1. The number of halogens is 2. The molecule has 1 fully saturated rings. The van der Waals surface area contributed by atoms with E-state index < -0.39 is 5.60 Å². The summed E-state index contributed by atoms with van der Waals surface area (Å²) in [7, 11) is 0. The van der Waals surface area contributed by atoms with E-state index in [0.29, 0.717) is 28.5 Å². The minimum Gasteiger partial charge on any atom is -0.486 e. The molecule has 1 aromatic heterocycles. The number of Topliss-reactive ketones (excluding diaryl/α,β-unsaturated/α-hetero) is 1. The number of anilines is 1. The number of hydrogen-bond donors (Lipinski definition) is 0. The molecule has 2 aliphatic rings. The molecule has 7 heteroatoms. The van der Waals surface area contributed by atoms with Gasteiger partial charge in [0.2, 0.25) is 0 Å². The average Bonchev–Trinajstić information content (AvgIpc) is 2.78. The Hall–Kier alpha value is -2.99. The van der Waals surface area contributed by atoms with Gasteiger partial charge in [-0.15, -0.1) is 10.2 Å². The van der Waals surface area contributed by atoms with Gasteiger partial charge in [0.25, 0.3) is 0 Å². The number of aryl methyl sites for hydroxylation is 1. The van der Waals surface area contributed by atoms with E-state index in [4.69, 9.17) is 16.3 Å². The summed E-state index contributed by atoms with van der Waals surface area (Å²) in [4.78, 5) is 15.2. The minimum atomic E-state index is -0.491. The molecular formula is C25H23ClFN3O2. The lowest BCUT2D eigenvalue weighted by molar-refractivity contribution is 0.0229. The van der Waals surface area contributed by atoms with E-state index in [-0.39, 0.29) is 11.6 Å². The van der Waals surface area contributed by atoms with Crippen LogP contribution < -0.4 is 9.64 Å². The summed E-state index contributed by atoms with van der Waals surface area (Å²) >= 11 is 6.36. The van der Waals surface area contributed by atoms with Gasteiger partial charge in [0.1, 0.15) is 17.2 Å². The molecule has 0 bridgehead atoms. The Labute approximate surface area is 191 Å². The largest absolute Gasteiger partial charge is 0.486 e. The molecule has 32 heavy (non-hydrogen) atoms. The summed E-state index contributed by atoms with van der Waals surface area (Å²) in [6, 6.07) is 11.9. The molecule has 0 unspecified atom stereocenters. The molecule has 3 aromatic rings. The van der Waals surface area contributed by atoms with Crippen LogP contribution in [0.5, 0.6) is 5.75 Å². The molecule has 1 spiro atoms. The van der Waals surface area contributed by atoms with E-state index >= 15 is 0 Å². The van der Waals surface area contributed by atoms with Crippen molar-refractivity contribution in [1.29, 1.82) is 0 Å². The molecule has 1 saturated heterocycles. The number of rotatable bonds is 2. The number of aromatic nitrogens is 2. The van der Waals surface area contributed by atoms with Gasteiger partial charge >= 0.3 is 0 Å². The van der Waals surface area contributed by atoms with Crippen molar-refractivity contribution in [3.8, 4) is 17.0 Å². The molecule has 0 atom stereocenters. The summed E-state index contributed by atoms with van der Waals surface area (Å²) in [5.74, 6) is 1.26. The average molecular weight is 452 g/mol. The molecule has 0 radical (unpaired) electrons. The van der Waals surface area contributed by atoms with Crippen LogP contribution in [0.1, 0.15) is 40.7 Å². The van der Waals surface area contributed by atoms with E-state index in [1.807, 2.05) is 32.0 Å². The fourth-order valence-corrected chi connectivity index (χ4v) is 4.84. The highest BCUT2D eigenvalue weighted by atomic mass is 35.5. The zero-order valence-electron chi connectivity index (χ0n) is 18.0. The Morgan fingerprint density at radius 1 is 1.06 bits per heavy atom. The number of piperidine rings is 1. The highest BCUT2D eigenvalue weighted by molar-refractivity contribution is 6.32. The number of carbonyl (C=O) groups is 1. The number of carbonyl (C=O) groups excluding carboxylic acids is 1. The minimum absolute atomic E-state index is 0.0996. The quantitative estimate of drug-likeness (QED) is 0.510. The Kier molecular flexibility index (Phi) is 5.13. The molecule has 3 heterocycles. The van der Waals surface area contributed by atoms with Crippen LogP contribution in [-0.4, -0.2) is 34.7 Å². The molecule has 2 aliphatic heterocycles. The lowest BCUT2D eigenvalue weighted by Crippen LogP contribution is -2.51. The molecule has 0 N–H and O–H groups in total. The highest BCUT2D eigenvalue weighted by Gasteiger charge is 2.44. The fourth-order valence-electron chi connectivity index (χ4n) is 4.69. The van der Waals surface area contributed by atoms with Crippen molar-refractivity contribution in [1.82, 2.24) is 10.2 Å². The standard InChI is InChI=1S/C25H23ClFN3O2/c1-15-13-21-23(16(2)24(15)26)20(31)14-25(32-21)9-11-30(12-10-25)22-8-7-19(28-29-22)17-3-5-18(27)6-4-17/h3-8,13H,9-12,14H2,1-2H3. The maximum Gasteiger partial charge on any atom is 0.170 e. The van der Waals surface area contributed by atoms with Crippen LogP contribution in [0.2, 0.25) is 5.02 Å². The molecule has 5 rings (SSSR count). The lowest BCUT2D eigenvalue weighted by Gasteiger charge is -2.44. The molecule has 0 amide bonds. The summed E-state index contributed by atoms with van der Waals surface area (Å²) in [5.41, 5.74) is 3.37. The highest BCUT2D eigenvalue weighted by Crippen LogP contribution is 2.43. The fraction of sp³-hybridized carbons (Fsp3) is 0.320. The van der Waals surface area contributed by atoms with Gasteiger partial charge in [-0.05, 0) is 67.4 Å². The first-order valence-corrected chi connectivity index (χ1v) is 11.1. The summed E-state index contributed by atoms with van der Waals surface area (Å²) < 4.78 is 19.6. The van der Waals surface area contributed by atoms with E-state index in [2.05, 4.69) is 15.1 Å². The number of ether oxygens (including phenoxy) is 1. The normalized spacial score (nSPS) is 17.2. The van der Waals surface area contributed by atoms with Crippen molar-refractivity contribution in [2.75, 3.05) is 18.0 Å². The Balaban J connectivity index is 1.31. The van der Waals surface area contributed by atoms with E-state index in [0.717, 1.165) is 48.4 Å². The number of ketones is 1. The number of fused-ring (bicyclic) bond motifs is 1. The van der Waals surface area contributed by atoms with Crippen LogP contribution in [0, 0.1) is 19.7 Å². The summed E-state index contributed by atoms with van der Waals surface area (Å²) in [6.07, 6.45) is 1.81. The summed E-state index contributed by atoms with van der Waals surface area (Å²) in [6.45, 7) is 5.25. The van der Waals surface area contributed by atoms with Crippen molar-refractivity contribution in [3.05, 3.63) is 70.0 Å². The van der Waals surface area contributed by atoms with Crippen molar-refractivity contribution in [2.24, 2.45) is 0 Å². The zero-order chi connectivity index (χ0) is 22.5. The second-order valence-electron chi connectivity index (χ2n) is 8.66. The van der Waals surface area contributed by atoms with Gasteiger partial charge in [-0.3, -0.25) is 4.79 Å². The Morgan fingerprint density at radius 2 is 1.78 bits per heavy atom. The zero-order valence-corrected chi connectivity index (χ0v) is 18.7. The van der Waals surface area contributed by atoms with Crippen molar-refractivity contribution < 1.29 is 13.9 Å². The SMILES string of the molecule is Cc1cc2c(c(C)c1Cl)C(=O)CC1(CCN(c3ccc(-c4ccc(F)cc4)nn3)CC1)O2. The van der Waals surface area contributed by atoms with Gasteiger partial charge in [-0.1, -0.05) is 11.6 Å². The van der Waals surface area contributed by atoms with E-state index in [1.54, 1.807) is 12.1 Å². The molecule has 5 nitrogen and oxygen atoms in total. The van der Waals surface area contributed by atoms with Gasteiger partial charge in [0.05, 0.1) is 17.7 Å². The first-order chi connectivity index (χ1) is 15.3.